The van der Waals surface area contributed by atoms with Gasteiger partial charge in [0.15, 0.2) is 0 Å². The van der Waals surface area contributed by atoms with Gasteiger partial charge in [-0.05, 0) is 75.0 Å². The van der Waals surface area contributed by atoms with E-state index < -0.39 is 27.3 Å². The van der Waals surface area contributed by atoms with Gasteiger partial charge in [-0.3, -0.25) is 4.79 Å². The van der Waals surface area contributed by atoms with E-state index in [9.17, 15) is 18.3 Å². The fraction of sp³-hybridized carbons (Fsp3) is 0.345. The molecule has 38 heavy (non-hydrogen) atoms. The first-order valence-electron chi connectivity index (χ1n) is 12.5. The Bertz CT molecular complexity index is 1280. The Kier molecular flexibility index (Phi) is 11.8. The molecule has 0 unspecified atom stereocenters. The first-order chi connectivity index (χ1) is 17.6. The van der Waals surface area contributed by atoms with Crippen LogP contribution in [0, 0.1) is 0 Å². The second-order valence-electron chi connectivity index (χ2n) is 9.48. The van der Waals surface area contributed by atoms with Crippen molar-refractivity contribution in [1.29, 1.82) is 0 Å². The second kappa shape index (κ2) is 14.3. The Morgan fingerprint density at radius 3 is 2.16 bits per heavy atom. The maximum atomic E-state index is 12.7. The average molecular weight is 561 g/mol. The van der Waals surface area contributed by atoms with Gasteiger partial charge in [0.05, 0.1) is 23.0 Å². The molecule has 0 heterocycles. The molecule has 0 saturated heterocycles. The second-order valence-corrected chi connectivity index (χ2v) is 11.7. The summed E-state index contributed by atoms with van der Waals surface area (Å²) in [5.74, 6) is -0.384. The topological polar surface area (TPSA) is 105 Å². The molecule has 3 rings (SSSR count). The van der Waals surface area contributed by atoms with Crippen molar-refractivity contribution < 1.29 is 23.1 Å². The summed E-state index contributed by atoms with van der Waals surface area (Å²) in [6.07, 6.45) is 0.0765. The highest BCUT2D eigenvalue weighted by Gasteiger charge is 2.23. The number of nitrogens with one attached hydrogen (secondary N) is 2. The number of rotatable bonds is 12. The van der Waals surface area contributed by atoms with Crippen molar-refractivity contribution in [2.45, 2.75) is 51.6 Å². The highest BCUT2D eigenvalue weighted by molar-refractivity contribution is 7.90. The lowest BCUT2D eigenvalue weighted by atomic mass is 10.0. The normalized spacial score (nSPS) is 12.2. The Hall–Kier alpha value is -2.91. The van der Waals surface area contributed by atoms with Crippen LogP contribution in [0.1, 0.15) is 55.3 Å². The molecule has 1 amide bonds. The van der Waals surface area contributed by atoms with Crippen molar-refractivity contribution in [1.82, 2.24) is 10.0 Å². The molecule has 3 aromatic rings. The molecule has 7 nitrogen and oxygen atoms in total. The predicted octanol–water partition coefficient (Wildman–Crippen LogP) is 4.90. The number of benzene rings is 3. The summed E-state index contributed by atoms with van der Waals surface area (Å²) < 4.78 is 32.3. The van der Waals surface area contributed by atoms with E-state index in [1.165, 1.54) is 13.8 Å². The molecule has 0 saturated carbocycles. The minimum atomic E-state index is -3.76. The summed E-state index contributed by atoms with van der Waals surface area (Å²) in [4.78, 5) is 12.7. The lowest BCUT2D eigenvalue weighted by Crippen LogP contribution is -2.36. The number of halogens is 1. The van der Waals surface area contributed by atoms with Crippen molar-refractivity contribution in [2.75, 3.05) is 13.1 Å². The lowest BCUT2D eigenvalue weighted by molar-refractivity contribution is 0.0975. The van der Waals surface area contributed by atoms with Gasteiger partial charge < -0.3 is 15.2 Å². The molecule has 0 bridgehead atoms. The maximum Gasteiger partial charge on any atom is 0.268 e. The van der Waals surface area contributed by atoms with Gasteiger partial charge >= 0.3 is 0 Å². The number of ether oxygens (including phenoxy) is 1. The van der Waals surface area contributed by atoms with Crippen LogP contribution in [0.3, 0.4) is 0 Å². The number of carbonyl (C=O) groups excluding carboxylic acids is 1. The third-order valence-electron chi connectivity index (χ3n) is 5.84. The van der Waals surface area contributed by atoms with Gasteiger partial charge in [0.25, 0.3) is 5.91 Å². The summed E-state index contributed by atoms with van der Waals surface area (Å²) >= 11 is 0. The largest absolute Gasteiger partial charge is 0.490 e. The number of hydrogen-bond donors (Lipinski definition) is 3. The lowest BCUT2D eigenvalue weighted by Gasteiger charge is -2.17. The van der Waals surface area contributed by atoms with Crippen molar-refractivity contribution in [2.24, 2.45) is 0 Å². The molecular formula is C29H37ClN2O5S. The van der Waals surface area contributed by atoms with E-state index in [0.717, 1.165) is 35.2 Å². The number of hydrogen-bond acceptors (Lipinski definition) is 6. The fourth-order valence-corrected chi connectivity index (χ4v) is 4.28. The van der Waals surface area contributed by atoms with Crippen LogP contribution in [0.5, 0.6) is 5.75 Å². The van der Waals surface area contributed by atoms with Crippen molar-refractivity contribution in [3.63, 3.8) is 0 Å². The monoisotopic (exact) mass is 560 g/mol. The van der Waals surface area contributed by atoms with Gasteiger partial charge in [-0.1, -0.05) is 60.7 Å². The smallest absolute Gasteiger partial charge is 0.268 e. The summed E-state index contributed by atoms with van der Waals surface area (Å²) in [6, 6.07) is 22.8. The van der Waals surface area contributed by atoms with Gasteiger partial charge in [-0.15, -0.1) is 12.4 Å². The molecule has 9 heteroatoms. The zero-order chi connectivity index (χ0) is 27.0. The average Bonchev–Trinajstić information content (AvgIpc) is 2.86. The SMILES string of the molecule is CC(C)Oc1cc(-c2ccc(CCNC[C@@H](O)c3ccccc3)cc2)ccc1C(=O)NS(=O)(=O)C(C)C.Cl. The van der Waals surface area contributed by atoms with Crippen molar-refractivity contribution >= 4 is 28.3 Å². The van der Waals surface area contributed by atoms with Crippen LogP contribution in [0.2, 0.25) is 0 Å². The summed E-state index contributed by atoms with van der Waals surface area (Å²) in [7, 11) is -3.76. The number of aliphatic hydroxyl groups is 1. The zero-order valence-corrected chi connectivity index (χ0v) is 23.8. The number of amides is 1. The van der Waals surface area contributed by atoms with Crippen LogP contribution >= 0.6 is 12.4 Å². The molecule has 0 aliphatic rings. The molecule has 1 atom stereocenters. The van der Waals surface area contributed by atoms with Gasteiger partial charge in [0, 0.05) is 6.54 Å². The highest BCUT2D eigenvalue weighted by Crippen LogP contribution is 2.29. The number of aliphatic hydroxyl groups excluding tert-OH is 1. The molecule has 3 N–H and O–H groups in total. The van der Waals surface area contributed by atoms with Gasteiger partial charge in [0.2, 0.25) is 10.0 Å². The van der Waals surface area contributed by atoms with Crippen LogP contribution in [-0.2, 0) is 16.4 Å². The molecule has 0 aliphatic heterocycles. The van der Waals surface area contributed by atoms with E-state index in [-0.39, 0.29) is 24.1 Å². The van der Waals surface area contributed by atoms with Crippen LogP contribution in [0.4, 0.5) is 0 Å². The van der Waals surface area contributed by atoms with E-state index >= 15 is 0 Å². The summed E-state index contributed by atoms with van der Waals surface area (Å²) in [6.45, 7) is 7.94. The molecule has 0 aromatic heterocycles. The Balaban J connectivity index is 0.00000507. The highest BCUT2D eigenvalue weighted by atomic mass is 35.5. The predicted molar refractivity (Wildman–Crippen MR) is 154 cm³/mol. The van der Waals surface area contributed by atoms with Crippen LogP contribution < -0.4 is 14.8 Å². The third-order valence-corrected chi connectivity index (χ3v) is 7.56. The fourth-order valence-electron chi connectivity index (χ4n) is 3.67. The molecule has 0 spiro atoms. The quantitative estimate of drug-likeness (QED) is 0.272. The van der Waals surface area contributed by atoms with E-state index in [1.54, 1.807) is 18.2 Å². The minimum absolute atomic E-state index is 0. The third kappa shape index (κ3) is 8.84. The van der Waals surface area contributed by atoms with Gasteiger partial charge in [0.1, 0.15) is 5.75 Å². The first-order valence-corrected chi connectivity index (χ1v) is 14.0. The molecule has 0 radical (unpaired) electrons. The van der Waals surface area contributed by atoms with E-state index in [4.69, 9.17) is 4.74 Å². The van der Waals surface area contributed by atoms with Crippen LogP contribution in [-0.4, -0.2) is 43.9 Å². The Morgan fingerprint density at radius 2 is 1.55 bits per heavy atom. The zero-order valence-electron chi connectivity index (χ0n) is 22.2. The molecular weight excluding hydrogens is 524 g/mol. The van der Waals surface area contributed by atoms with E-state index in [2.05, 4.69) is 10.0 Å². The van der Waals surface area contributed by atoms with Crippen LogP contribution in [0.15, 0.2) is 72.8 Å². The summed E-state index contributed by atoms with van der Waals surface area (Å²) in [5, 5.41) is 12.8. The standard InChI is InChI=1S/C29H36N2O5S.ClH/c1-20(2)36-28-18-25(14-15-26(28)29(33)31-37(34,35)21(3)4)23-12-10-22(11-13-23)16-17-30-19-27(32)24-8-6-5-7-9-24;/h5-15,18,20-21,27,30,32H,16-17,19H2,1-4H3,(H,31,33);1H/t27-;/m1./s1. The molecule has 206 valence electrons. The molecule has 0 aliphatic carbocycles. The van der Waals surface area contributed by atoms with E-state index in [1.807, 2.05) is 68.4 Å². The van der Waals surface area contributed by atoms with Crippen LogP contribution in [0.25, 0.3) is 11.1 Å². The number of carbonyl (C=O) groups is 1. The first kappa shape index (κ1) is 31.3. The van der Waals surface area contributed by atoms with Gasteiger partial charge in [-0.2, -0.15) is 0 Å². The molecule has 3 aromatic carbocycles. The van der Waals surface area contributed by atoms with Gasteiger partial charge in [-0.25, -0.2) is 13.1 Å². The van der Waals surface area contributed by atoms with Crippen molar-refractivity contribution in [3.8, 4) is 16.9 Å². The van der Waals surface area contributed by atoms with Crippen molar-refractivity contribution in [3.05, 3.63) is 89.5 Å². The van der Waals surface area contributed by atoms with E-state index in [0.29, 0.717) is 12.3 Å². The maximum absolute atomic E-state index is 12.7. The molecule has 0 fully saturated rings. The Labute approximate surface area is 232 Å². The summed E-state index contributed by atoms with van der Waals surface area (Å²) in [5.41, 5.74) is 4.02. The number of sulfonamides is 1. The Morgan fingerprint density at radius 1 is 0.921 bits per heavy atom. The minimum Gasteiger partial charge on any atom is -0.490 e.